The van der Waals surface area contributed by atoms with Crippen LogP contribution in [0.3, 0.4) is 0 Å². The van der Waals surface area contributed by atoms with Gasteiger partial charge in [-0.3, -0.25) is 9.59 Å². The van der Waals surface area contributed by atoms with Crippen LogP contribution in [0, 0.1) is 0 Å². The molecule has 0 spiro atoms. The summed E-state index contributed by atoms with van der Waals surface area (Å²) >= 11 is 0. The van der Waals surface area contributed by atoms with Gasteiger partial charge in [0.15, 0.2) is 0 Å². The molecule has 3 rings (SSSR count). The molecule has 26 heavy (non-hydrogen) atoms. The quantitative estimate of drug-likeness (QED) is 0.707. The third kappa shape index (κ3) is 4.12. The highest BCUT2D eigenvalue weighted by Gasteiger charge is 2.31. The Bertz CT molecular complexity index is 597. The second-order valence-electron chi connectivity index (χ2n) is 7.72. The van der Waals surface area contributed by atoms with Gasteiger partial charge in [0, 0.05) is 39.3 Å². The molecule has 2 heterocycles. The lowest BCUT2D eigenvalue weighted by Crippen LogP contribution is -2.48. The van der Waals surface area contributed by atoms with Crippen molar-refractivity contribution in [2.45, 2.75) is 39.5 Å². The van der Waals surface area contributed by atoms with E-state index in [9.17, 15) is 9.59 Å². The van der Waals surface area contributed by atoms with Gasteiger partial charge in [0.1, 0.15) is 11.4 Å². The summed E-state index contributed by atoms with van der Waals surface area (Å²) in [6.45, 7) is 14.3. The zero-order valence-electron chi connectivity index (χ0n) is 16.5. The van der Waals surface area contributed by atoms with Crippen LogP contribution in [0.2, 0.25) is 0 Å². The van der Waals surface area contributed by atoms with Crippen molar-refractivity contribution >= 4 is 11.4 Å². The van der Waals surface area contributed by atoms with Gasteiger partial charge in [0.25, 0.3) is 10.9 Å². The van der Waals surface area contributed by atoms with E-state index in [0.29, 0.717) is 11.4 Å². The highest BCUT2D eigenvalue weighted by molar-refractivity contribution is 5.76. The first kappa shape index (κ1) is 19.4. The van der Waals surface area contributed by atoms with Crippen molar-refractivity contribution in [1.82, 2.24) is 9.80 Å². The predicted octanol–water partition coefficient (Wildman–Crippen LogP) is 1.13. The van der Waals surface area contributed by atoms with Crippen molar-refractivity contribution in [1.29, 1.82) is 0 Å². The van der Waals surface area contributed by atoms with Gasteiger partial charge in [-0.25, -0.2) is 0 Å². The molecule has 0 amide bonds. The number of anilines is 2. The molecule has 0 atom stereocenters. The highest BCUT2D eigenvalue weighted by Crippen LogP contribution is 2.26. The molecule has 6 heteroatoms. The van der Waals surface area contributed by atoms with E-state index in [1.165, 1.54) is 0 Å². The summed E-state index contributed by atoms with van der Waals surface area (Å²) in [5.74, 6) is 0. The molecule has 1 aromatic rings. The lowest BCUT2D eigenvalue weighted by Gasteiger charge is -2.32. The van der Waals surface area contributed by atoms with Crippen molar-refractivity contribution in [3.05, 3.63) is 20.4 Å². The first-order chi connectivity index (χ1) is 12.7. The van der Waals surface area contributed by atoms with Crippen molar-refractivity contribution in [2.24, 2.45) is 0 Å². The van der Waals surface area contributed by atoms with E-state index < -0.39 is 0 Å². The van der Waals surface area contributed by atoms with Crippen molar-refractivity contribution in [3.8, 4) is 0 Å². The minimum Gasteiger partial charge on any atom is -0.365 e. The first-order valence-corrected chi connectivity index (χ1v) is 10.4. The fraction of sp³-hybridized carbons (Fsp3) is 0.800. The van der Waals surface area contributed by atoms with Crippen LogP contribution in [0.5, 0.6) is 0 Å². The van der Waals surface area contributed by atoms with Crippen LogP contribution in [0.25, 0.3) is 0 Å². The Kier molecular flexibility index (Phi) is 6.70. The second-order valence-corrected chi connectivity index (χ2v) is 7.72. The summed E-state index contributed by atoms with van der Waals surface area (Å²) < 4.78 is 0. The molecule has 0 aliphatic carbocycles. The summed E-state index contributed by atoms with van der Waals surface area (Å²) in [6.07, 6.45) is 4.44. The Hall–Kier alpha value is -1.40. The standard InChI is InChI=1S/C20H34N4O2/c1-3-7-21-9-5-11-23(15-13-21)17-18(20(26)19(17)25)24-12-6-10-22(8-4-2)14-16-24/h3-16H2,1-2H3. The maximum atomic E-state index is 12.4. The molecule has 0 unspecified atom stereocenters. The molecule has 2 fully saturated rings. The zero-order chi connectivity index (χ0) is 18.5. The topological polar surface area (TPSA) is 47.1 Å². The Morgan fingerprint density at radius 3 is 1.42 bits per heavy atom. The molecule has 1 aromatic carbocycles. The van der Waals surface area contributed by atoms with Gasteiger partial charge in [-0.15, -0.1) is 0 Å². The lowest BCUT2D eigenvalue weighted by molar-refractivity contribution is 0.294. The van der Waals surface area contributed by atoms with Crippen LogP contribution in [-0.4, -0.2) is 75.2 Å². The Morgan fingerprint density at radius 1 is 0.615 bits per heavy atom. The molecule has 2 aliphatic rings. The number of hydrogen-bond acceptors (Lipinski definition) is 6. The average molecular weight is 363 g/mol. The fourth-order valence-corrected chi connectivity index (χ4v) is 4.42. The SMILES string of the molecule is CCCN1CCCN(c2c(N3CCCN(CCC)CC3)c(=O)c2=O)CC1. The molecule has 6 nitrogen and oxygen atoms in total. The second kappa shape index (κ2) is 9.00. The average Bonchev–Trinajstić information content (AvgIpc) is 3.00. The van der Waals surface area contributed by atoms with E-state index >= 15 is 0 Å². The molecule has 2 aliphatic heterocycles. The largest absolute Gasteiger partial charge is 0.365 e. The third-order valence-corrected chi connectivity index (χ3v) is 5.75. The monoisotopic (exact) mass is 362 g/mol. The van der Waals surface area contributed by atoms with E-state index in [1.807, 2.05) is 0 Å². The highest BCUT2D eigenvalue weighted by atomic mass is 16.2. The normalized spacial score (nSPS) is 21.2. The van der Waals surface area contributed by atoms with Crippen LogP contribution < -0.4 is 20.7 Å². The van der Waals surface area contributed by atoms with Gasteiger partial charge in [-0.2, -0.15) is 0 Å². The van der Waals surface area contributed by atoms with E-state index in [1.54, 1.807) is 0 Å². The minimum absolute atomic E-state index is 0.265. The van der Waals surface area contributed by atoms with Crippen molar-refractivity contribution < 1.29 is 0 Å². The van der Waals surface area contributed by atoms with Gasteiger partial charge in [0.05, 0.1) is 0 Å². The van der Waals surface area contributed by atoms with Gasteiger partial charge in [-0.1, -0.05) is 13.8 Å². The Morgan fingerprint density at radius 2 is 1.04 bits per heavy atom. The van der Waals surface area contributed by atoms with E-state index in [2.05, 4.69) is 33.4 Å². The van der Waals surface area contributed by atoms with Crippen LogP contribution in [0.15, 0.2) is 9.59 Å². The smallest absolute Gasteiger partial charge is 0.253 e. The minimum atomic E-state index is -0.265. The zero-order valence-corrected chi connectivity index (χ0v) is 16.5. The van der Waals surface area contributed by atoms with Crippen molar-refractivity contribution in [3.63, 3.8) is 0 Å². The molecule has 146 valence electrons. The molecular weight excluding hydrogens is 328 g/mol. The van der Waals surface area contributed by atoms with Gasteiger partial charge < -0.3 is 19.6 Å². The number of nitrogens with zero attached hydrogens (tertiary/aromatic N) is 4. The van der Waals surface area contributed by atoms with Crippen LogP contribution >= 0.6 is 0 Å². The van der Waals surface area contributed by atoms with Crippen LogP contribution in [0.1, 0.15) is 39.5 Å². The molecule has 0 N–H and O–H groups in total. The lowest BCUT2D eigenvalue weighted by atomic mass is 10.1. The van der Waals surface area contributed by atoms with E-state index in [0.717, 1.165) is 91.1 Å². The first-order valence-electron chi connectivity index (χ1n) is 10.4. The molecular formula is C20H34N4O2. The summed E-state index contributed by atoms with van der Waals surface area (Å²) in [6, 6.07) is 0. The van der Waals surface area contributed by atoms with E-state index in [-0.39, 0.29) is 10.9 Å². The molecule has 2 saturated heterocycles. The summed E-state index contributed by atoms with van der Waals surface area (Å²) in [5.41, 5.74) is 0.881. The summed E-state index contributed by atoms with van der Waals surface area (Å²) in [5, 5.41) is 0. The predicted molar refractivity (Wildman–Crippen MR) is 108 cm³/mol. The molecule has 0 aromatic heterocycles. The van der Waals surface area contributed by atoms with Gasteiger partial charge in [0.2, 0.25) is 0 Å². The Labute approximate surface area is 157 Å². The van der Waals surface area contributed by atoms with Gasteiger partial charge in [-0.05, 0) is 51.9 Å². The number of rotatable bonds is 6. The van der Waals surface area contributed by atoms with Crippen LogP contribution in [-0.2, 0) is 0 Å². The molecule has 0 saturated carbocycles. The maximum absolute atomic E-state index is 12.4. The van der Waals surface area contributed by atoms with E-state index in [4.69, 9.17) is 0 Å². The van der Waals surface area contributed by atoms with Crippen LogP contribution in [0.4, 0.5) is 11.4 Å². The summed E-state index contributed by atoms with van der Waals surface area (Å²) in [4.78, 5) is 34.1. The maximum Gasteiger partial charge on any atom is 0.253 e. The van der Waals surface area contributed by atoms with Crippen molar-refractivity contribution in [2.75, 3.05) is 75.2 Å². The summed E-state index contributed by atoms with van der Waals surface area (Å²) in [7, 11) is 0. The third-order valence-electron chi connectivity index (χ3n) is 5.75. The number of hydrogen-bond donors (Lipinski definition) is 0. The van der Waals surface area contributed by atoms with Gasteiger partial charge >= 0.3 is 0 Å². The fourth-order valence-electron chi connectivity index (χ4n) is 4.42. The molecule has 0 radical (unpaired) electrons. The molecule has 0 bridgehead atoms. The Balaban J connectivity index is 1.71.